The Morgan fingerprint density at radius 3 is 2.29 bits per heavy atom. The first-order valence-electron chi connectivity index (χ1n) is 6.46. The van der Waals surface area contributed by atoms with E-state index < -0.39 is 9.84 Å². The lowest BCUT2D eigenvalue weighted by atomic mass is 10.2. The van der Waals surface area contributed by atoms with Gasteiger partial charge in [0, 0.05) is 25.5 Å². The number of benzene rings is 1. The van der Waals surface area contributed by atoms with E-state index >= 15 is 0 Å². The molecule has 2 rings (SSSR count). The fourth-order valence-corrected chi connectivity index (χ4v) is 3.16. The van der Waals surface area contributed by atoms with E-state index in [1.165, 1.54) is 33.4 Å². The zero-order valence-corrected chi connectivity index (χ0v) is 12.4. The Labute approximate surface area is 122 Å². The zero-order valence-electron chi connectivity index (χ0n) is 11.6. The van der Waals surface area contributed by atoms with Crippen LogP contribution < -0.4 is 5.69 Å². The van der Waals surface area contributed by atoms with Gasteiger partial charge in [-0.2, -0.15) is 5.26 Å². The summed E-state index contributed by atoms with van der Waals surface area (Å²) in [5.74, 6) is -0.160. The molecule has 1 aromatic carbocycles. The van der Waals surface area contributed by atoms with Crippen LogP contribution in [0.25, 0.3) is 0 Å². The number of hydrogen-bond acceptors (Lipinski definition) is 4. The van der Waals surface area contributed by atoms with Crippen LogP contribution >= 0.6 is 0 Å². The van der Waals surface area contributed by atoms with Crippen molar-refractivity contribution in [1.82, 2.24) is 9.13 Å². The maximum Gasteiger partial charge on any atom is 0.328 e. The van der Waals surface area contributed by atoms with Crippen LogP contribution in [0.5, 0.6) is 0 Å². The molecule has 110 valence electrons. The lowest BCUT2D eigenvalue weighted by Crippen LogP contribution is -2.26. The van der Waals surface area contributed by atoms with E-state index in [2.05, 4.69) is 0 Å². The molecule has 0 N–H and O–H groups in total. The number of nitrogens with zero attached hydrogens (tertiary/aromatic N) is 3. The highest BCUT2D eigenvalue weighted by molar-refractivity contribution is 7.91. The van der Waals surface area contributed by atoms with Gasteiger partial charge in [-0.05, 0) is 31.2 Å². The van der Waals surface area contributed by atoms with Crippen molar-refractivity contribution in [2.45, 2.75) is 24.9 Å². The first kappa shape index (κ1) is 15.1. The lowest BCUT2D eigenvalue weighted by Gasteiger charge is -2.05. The molecule has 0 atom stereocenters. The molecule has 1 aromatic heterocycles. The van der Waals surface area contributed by atoms with Crippen molar-refractivity contribution in [2.24, 2.45) is 0 Å². The summed E-state index contributed by atoms with van der Waals surface area (Å²) >= 11 is 0. The second-order valence-corrected chi connectivity index (χ2v) is 6.62. The summed E-state index contributed by atoms with van der Waals surface area (Å²) in [7, 11) is -3.48. The number of sulfone groups is 1. The summed E-state index contributed by atoms with van der Waals surface area (Å²) in [5, 5.41) is 8.70. The topological polar surface area (TPSA) is 84.9 Å². The molecule has 2 aromatic rings. The van der Waals surface area contributed by atoms with Gasteiger partial charge in [0.2, 0.25) is 0 Å². The predicted molar refractivity (Wildman–Crippen MR) is 77.6 cm³/mol. The van der Waals surface area contributed by atoms with Crippen molar-refractivity contribution in [3.05, 3.63) is 52.7 Å². The van der Waals surface area contributed by atoms with Gasteiger partial charge in [-0.1, -0.05) is 0 Å². The first-order chi connectivity index (χ1) is 9.97. The molecular formula is C14H15N3O3S. The van der Waals surface area contributed by atoms with Crippen LogP contribution in [0.15, 0.2) is 46.3 Å². The number of aryl methyl sites for hydroxylation is 2. The minimum atomic E-state index is -3.48. The Morgan fingerprint density at radius 1 is 1.14 bits per heavy atom. The molecule has 0 fully saturated rings. The zero-order chi connectivity index (χ0) is 15.5. The summed E-state index contributed by atoms with van der Waals surface area (Å²) < 4.78 is 27.3. The summed E-state index contributed by atoms with van der Waals surface area (Å²) in [6.07, 6.45) is 3.22. The van der Waals surface area contributed by atoms with Gasteiger partial charge >= 0.3 is 5.69 Å². The highest BCUT2D eigenvalue weighted by atomic mass is 32.2. The van der Waals surface area contributed by atoms with Crippen LogP contribution in [-0.4, -0.2) is 23.3 Å². The van der Waals surface area contributed by atoms with E-state index in [0.717, 1.165) is 0 Å². The SMILES string of the molecule is CCn1ccn(CCS(=O)(=O)c2ccc(C#N)cc2)c1=O. The van der Waals surface area contributed by atoms with Crippen molar-refractivity contribution in [3.8, 4) is 6.07 Å². The van der Waals surface area contributed by atoms with Gasteiger partial charge in [0.15, 0.2) is 9.84 Å². The normalized spacial score (nSPS) is 11.2. The summed E-state index contributed by atoms with van der Waals surface area (Å²) in [5.41, 5.74) is 0.192. The van der Waals surface area contributed by atoms with Gasteiger partial charge < -0.3 is 0 Å². The van der Waals surface area contributed by atoms with E-state index in [1.807, 2.05) is 13.0 Å². The van der Waals surface area contributed by atoms with Crippen LogP contribution in [0.1, 0.15) is 12.5 Å². The third kappa shape index (κ3) is 3.23. The van der Waals surface area contributed by atoms with Crippen molar-refractivity contribution in [1.29, 1.82) is 5.26 Å². The van der Waals surface area contributed by atoms with Crippen LogP contribution in [0.3, 0.4) is 0 Å². The van der Waals surface area contributed by atoms with E-state index in [4.69, 9.17) is 5.26 Å². The predicted octanol–water partition coefficient (Wildman–Crippen LogP) is 1.02. The average Bonchev–Trinajstić information content (AvgIpc) is 2.85. The molecule has 0 aliphatic carbocycles. The molecule has 0 saturated carbocycles. The minimum Gasteiger partial charge on any atom is -0.300 e. The highest BCUT2D eigenvalue weighted by Crippen LogP contribution is 2.12. The number of nitriles is 1. The maximum absolute atomic E-state index is 12.2. The van der Waals surface area contributed by atoms with E-state index in [1.54, 1.807) is 12.4 Å². The van der Waals surface area contributed by atoms with Crippen molar-refractivity contribution in [3.63, 3.8) is 0 Å². The van der Waals surface area contributed by atoms with Crippen LogP contribution in [0.2, 0.25) is 0 Å². The molecular weight excluding hydrogens is 290 g/mol. The standard InChI is InChI=1S/C14H15N3O3S/c1-2-16-7-8-17(14(16)18)9-10-21(19,20)13-5-3-12(11-15)4-6-13/h3-8H,2,9-10H2,1H3. The molecule has 0 unspecified atom stereocenters. The number of aromatic nitrogens is 2. The first-order valence-corrected chi connectivity index (χ1v) is 8.11. The van der Waals surface area contributed by atoms with Gasteiger partial charge in [-0.25, -0.2) is 13.2 Å². The molecule has 0 aliphatic heterocycles. The van der Waals surface area contributed by atoms with Crippen LogP contribution in [0.4, 0.5) is 0 Å². The molecule has 7 heteroatoms. The van der Waals surface area contributed by atoms with Gasteiger partial charge in [0.25, 0.3) is 0 Å². The second kappa shape index (κ2) is 5.97. The Morgan fingerprint density at radius 2 is 1.76 bits per heavy atom. The molecule has 0 amide bonds. The number of imidazole rings is 1. The Hall–Kier alpha value is -2.33. The molecule has 0 bridgehead atoms. The molecule has 0 aliphatic rings. The summed E-state index contributed by atoms with van der Waals surface area (Å²) in [4.78, 5) is 12.0. The molecule has 21 heavy (non-hydrogen) atoms. The van der Waals surface area contributed by atoms with E-state index in [-0.39, 0.29) is 22.9 Å². The quantitative estimate of drug-likeness (QED) is 0.825. The smallest absolute Gasteiger partial charge is 0.300 e. The molecule has 1 heterocycles. The fraction of sp³-hybridized carbons (Fsp3) is 0.286. The van der Waals surface area contributed by atoms with E-state index in [9.17, 15) is 13.2 Å². The largest absolute Gasteiger partial charge is 0.328 e. The van der Waals surface area contributed by atoms with Crippen molar-refractivity contribution in [2.75, 3.05) is 5.75 Å². The van der Waals surface area contributed by atoms with Gasteiger partial charge in [0.05, 0.1) is 22.3 Å². The molecule has 0 saturated heterocycles. The molecule has 0 radical (unpaired) electrons. The van der Waals surface area contributed by atoms with Gasteiger partial charge in [0.1, 0.15) is 0 Å². The number of hydrogen-bond donors (Lipinski definition) is 0. The summed E-state index contributed by atoms with van der Waals surface area (Å²) in [6.45, 7) is 2.50. The fourth-order valence-electron chi connectivity index (χ4n) is 1.94. The third-order valence-electron chi connectivity index (χ3n) is 3.20. The second-order valence-electron chi connectivity index (χ2n) is 4.52. The van der Waals surface area contributed by atoms with Crippen LogP contribution in [0, 0.1) is 11.3 Å². The monoisotopic (exact) mass is 305 g/mol. The van der Waals surface area contributed by atoms with Crippen molar-refractivity contribution < 1.29 is 8.42 Å². The lowest BCUT2D eigenvalue weighted by molar-refractivity contribution is 0.584. The maximum atomic E-state index is 12.2. The van der Waals surface area contributed by atoms with Gasteiger partial charge in [-0.3, -0.25) is 9.13 Å². The van der Waals surface area contributed by atoms with Crippen LogP contribution in [-0.2, 0) is 22.9 Å². The minimum absolute atomic E-state index is 0.105. The highest BCUT2D eigenvalue weighted by Gasteiger charge is 2.15. The third-order valence-corrected chi connectivity index (χ3v) is 4.91. The summed E-state index contributed by atoms with van der Waals surface area (Å²) in [6, 6.07) is 7.69. The Balaban J connectivity index is 2.15. The van der Waals surface area contributed by atoms with Crippen molar-refractivity contribution >= 4 is 9.84 Å². The Kier molecular flexibility index (Phi) is 4.29. The molecule has 6 nitrogen and oxygen atoms in total. The van der Waals surface area contributed by atoms with Gasteiger partial charge in [-0.15, -0.1) is 0 Å². The molecule has 0 spiro atoms. The Bertz CT molecular complexity index is 824. The average molecular weight is 305 g/mol. The van der Waals surface area contributed by atoms with E-state index in [0.29, 0.717) is 12.1 Å². The number of rotatable bonds is 5.